The van der Waals surface area contributed by atoms with Gasteiger partial charge in [-0.05, 0) is 49.6 Å². The van der Waals surface area contributed by atoms with Crippen molar-refractivity contribution >= 4 is 11.6 Å². The van der Waals surface area contributed by atoms with E-state index in [0.29, 0.717) is 5.56 Å². The minimum atomic E-state index is -0.528. The molecule has 0 saturated carbocycles. The molecular weight excluding hydrogens is 253 g/mol. The topological polar surface area (TPSA) is 29.1 Å². The predicted octanol–water partition coefficient (Wildman–Crippen LogP) is 4.03. The first-order valence-electron chi connectivity index (χ1n) is 6.62. The Kier molecular flexibility index (Phi) is 2.68. The third-order valence-corrected chi connectivity index (χ3v) is 3.94. The lowest BCUT2D eigenvalue weighted by molar-refractivity contribution is -0.119. The molecule has 1 N–H and O–H groups in total. The quantitative estimate of drug-likeness (QED) is 0.832. The third kappa shape index (κ3) is 1.82. The van der Waals surface area contributed by atoms with E-state index in [1.165, 1.54) is 6.07 Å². The summed E-state index contributed by atoms with van der Waals surface area (Å²) in [5, 5.41) is 2.87. The van der Waals surface area contributed by atoms with Gasteiger partial charge in [-0.3, -0.25) is 4.79 Å². The number of aryl methyl sites for hydroxylation is 1. The van der Waals surface area contributed by atoms with Crippen LogP contribution in [0.2, 0.25) is 0 Å². The number of hydrogen-bond donors (Lipinski definition) is 1. The van der Waals surface area contributed by atoms with E-state index in [9.17, 15) is 9.18 Å². The van der Waals surface area contributed by atoms with E-state index in [4.69, 9.17) is 0 Å². The molecule has 0 unspecified atom stereocenters. The number of anilines is 1. The van der Waals surface area contributed by atoms with E-state index < -0.39 is 5.41 Å². The van der Waals surface area contributed by atoms with Crippen molar-refractivity contribution < 1.29 is 9.18 Å². The van der Waals surface area contributed by atoms with E-state index in [1.807, 2.05) is 45.0 Å². The number of benzene rings is 2. The molecule has 1 aliphatic rings. The monoisotopic (exact) mass is 269 g/mol. The molecule has 20 heavy (non-hydrogen) atoms. The summed E-state index contributed by atoms with van der Waals surface area (Å²) >= 11 is 0. The largest absolute Gasteiger partial charge is 0.325 e. The Morgan fingerprint density at radius 1 is 1.10 bits per heavy atom. The van der Waals surface area contributed by atoms with Crippen LogP contribution in [-0.4, -0.2) is 5.91 Å². The zero-order valence-corrected chi connectivity index (χ0v) is 11.8. The minimum absolute atomic E-state index is 0.0194. The normalized spacial score (nSPS) is 15.9. The van der Waals surface area contributed by atoms with Gasteiger partial charge >= 0.3 is 0 Å². The number of fused-ring (bicyclic) bond motifs is 1. The Balaban J connectivity index is 2.11. The lowest BCUT2D eigenvalue weighted by Gasteiger charge is -2.15. The summed E-state index contributed by atoms with van der Waals surface area (Å²) < 4.78 is 14.0. The highest BCUT2D eigenvalue weighted by atomic mass is 19.1. The SMILES string of the molecule is Cc1ccc(-c2ccc3c(c2)NC(=O)C3(C)C)c(F)c1. The third-order valence-electron chi connectivity index (χ3n) is 3.94. The Morgan fingerprint density at radius 3 is 2.55 bits per heavy atom. The van der Waals surface area contributed by atoms with Gasteiger partial charge in [-0.15, -0.1) is 0 Å². The van der Waals surface area contributed by atoms with Crippen LogP contribution >= 0.6 is 0 Å². The maximum Gasteiger partial charge on any atom is 0.234 e. The minimum Gasteiger partial charge on any atom is -0.325 e. The molecule has 0 saturated heterocycles. The second-order valence-electron chi connectivity index (χ2n) is 5.82. The van der Waals surface area contributed by atoms with Crippen LogP contribution in [0, 0.1) is 12.7 Å². The van der Waals surface area contributed by atoms with Gasteiger partial charge in [0.2, 0.25) is 5.91 Å². The molecule has 2 aromatic rings. The Morgan fingerprint density at radius 2 is 1.85 bits per heavy atom. The van der Waals surface area contributed by atoms with Crippen molar-refractivity contribution in [1.29, 1.82) is 0 Å². The highest BCUT2D eigenvalue weighted by molar-refractivity contribution is 6.06. The predicted molar refractivity (Wildman–Crippen MR) is 78.2 cm³/mol. The number of amides is 1. The summed E-state index contributed by atoms with van der Waals surface area (Å²) in [6.07, 6.45) is 0. The Labute approximate surface area is 117 Å². The van der Waals surface area contributed by atoms with Crippen LogP contribution in [0.1, 0.15) is 25.0 Å². The Hall–Kier alpha value is -2.16. The fraction of sp³-hybridized carbons (Fsp3) is 0.235. The Bertz CT molecular complexity index is 719. The maximum atomic E-state index is 14.0. The van der Waals surface area contributed by atoms with Crippen molar-refractivity contribution in [2.24, 2.45) is 0 Å². The average molecular weight is 269 g/mol. The zero-order valence-electron chi connectivity index (χ0n) is 11.8. The number of rotatable bonds is 1. The van der Waals surface area contributed by atoms with Crippen molar-refractivity contribution in [2.45, 2.75) is 26.2 Å². The summed E-state index contributed by atoms with van der Waals surface area (Å²) in [5.74, 6) is -0.262. The molecule has 0 fully saturated rings. The van der Waals surface area contributed by atoms with Crippen molar-refractivity contribution in [3.05, 3.63) is 53.3 Å². The van der Waals surface area contributed by atoms with Gasteiger partial charge in [-0.2, -0.15) is 0 Å². The van der Waals surface area contributed by atoms with Crippen LogP contribution in [-0.2, 0) is 10.2 Å². The van der Waals surface area contributed by atoms with E-state index >= 15 is 0 Å². The standard InChI is InChI=1S/C17H16FNO/c1-10-4-6-12(14(18)8-10)11-5-7-13-15(9-11)19-16(20)17(13,2)3/h4-9H,1-3H3,(H,19,20). The molecule has 2 nitrogen and oxygen atoms in total. The van der Waals surface area contributed by atoms with E-state index in [0.717, 1.165) is 22.4 Å². The number of carbonyl (C=O) groups excluding carboxylic acids is 1. The zero-order chi connectivity index (χ0) is 14.5. The highest BCUT2D eigenvalue weighted by Crippen LogP contribution is 2.39. The second-order valence-corrected chi connectivity index (χ2v) is 5.82. The molecule has 0 aliphatic carbocycles. The maximum absolute atomic E-state index is 14.0. The van der Waals surface area contributed by atoms with Gasteiger partial charge < -0.3 is 5.32 Å². The fourth-order valence-electron chi connectivity index (χ4n) is 2.62. The summed E-state index contributed by atoms with van der Waals surface area (Å²) in [4.78, 5) is 11.9. The van der Waals surface area contributed by atoms with Crippen molar-refractivity contribution in [3.8, 4) is 11.1 Å². The van der Waals surface area contributed by atoms with Gasteiger partial charge in [-0.1, -0.05) is 24.3 Å². The second kappa shape index (κ2) is 4.17. The van der Waals surface area contributed by atoms with Crippen LogP contribution in [0.4, 0.5) is 10.1 Å². The van der Waals surface area contributed by atoms with Gasteiger partial charge in [0.25, 0.3) is 0 Å². The molecule has 2 aromatic carbocycles. The highest BCUT2D eigenvalue weighted by Gasteiger charge is 2.38. The summed E-state index contributed by atoms with van der Waals surface area (Å²) in [6.45, 7) is 5.64. The first-order valence-corrected chi connectivity index (χ1v) is 6.62. The smallest absolute Gasteiger partial charge is 0.234 e. The molecule has 1 aliphatic heterocycles. The van der Waals surface area contributed by atoms with Crippen LogP contribution in [0.25, 0.3) is 11.1 Å². The van der Waals surface area contributed by atoms with Gasteiger partial charge in [-0.25, -0.2) is 4.39 Å². The molecule has 3 heteroatoms. The molecule has 1 amide bonds. The lowest BCUT2D eigenvalue weighted by atomic mass is 9.85. The first-order chi connectivity index (χ1) is 9.39. The summed E-state index contributed by atoms with van der Waals surface area (Å²) in [7, 11) is 0. The number of carbonyl (C=O) groups is 1. The molecule has 0 atom stereocenters. The van der Waals surface area contributed by atoms with Gasteiger partial charge in [0.05, 0.1) is 5.41 Å². The fourth-order valence-corrected chi connectivity index (χ4v) is 2.62. The summed E-state index contributed by atoms with van der Waals surface area (Å²) in [5.41, 5.74) is 3.43. The van der Waals surface area contributed by atoms with Crippen LogP contribution in [0.15, 0.2) is 36.4 Å². The first kappa shape index (κ1) is 12.9. The number of nitrogens with one attached hydrogen (secondary N) is 1. The van der Waals surface area contributed by atoms with Gasteiger partial charge in [0.1, 0.15) is 5.82 Å². The number of hydrogen-bond acceptors (Lipinski definition) is 1. The van der Waals surface area contributed by atoms with E-state index in [-0.39, 0.29) is 11.7 Å². The molecular formula is C17H16FNO. The van der Waals surface area contributed by atoms with Crippen molar-refractivity contribution in [2.75, 3.05) is 5.32 Å². The average Bonchev–Trinajstić information content (AvgIpc) is 2.59. The van der Waals surface area contributed by atoms with Gasteiger partial charge in [0, 0.05) is 11.3 Å². The molecule has 0 spiro atoms. The molecule has 1 heterocycles. The van der Waals surface area contributed by atoms with Crippen molar-refractivity contribution in [3.63, 3.8) is 0 Å². The molecule has 3 rings (SSSR count). The van der Waals surface area contributed by atoms with Crippen LogP contribution < -0.4 is 5.32 Å². The van der Waals surface area contributed by atoms with E-state index in [1.54, 1.807) is 6.07 Å². The molecule has 0 radical (unpaired) electrons. The molecule has 0 bridgehead atoms. The number of halogens is 1. The van der Waals surface area contributed by atoms with E-state index in [2.05, 4.69) is 5.32 Å². The summed E-state index contributed by atoms with van der Waals surface area (Å²) in [6, 6.07) is 10.8. The lowest BCUT2D eigenvalue weighted by Crippen LogP contribution is -2.26. The van der Waals surface area contributed by atoms with Crippen LogP contribution in [0.3, 0.4) is 0 Å². The molecule has 102 valence electrons. The van der Waals surface area contributed by atoms with Gasteiger partial charge in [0.15, 0.2) is 0 Å². The van der Waals surface area contributed by atoms with Crippen molar-refractivity contribution in [1.82, 2.24) is 0 Å². The van der Waals surface area contributed by atoms with Crippen LogP contribution in [0.5, 0.6) is 0 Å². The molecule has 0 aromatic heterocycles.